The molecule has 3 rings (SSSR count). The molecular formula is C19H20N4O. The molecule has 5 heteroatoms. The molecule has 0 fully saturated rings. The Balaban J connectivity index is 1.90. The van der Waals surface area contributed by atoms with Crippen LogP contribution in [0.1, 0.15) is 37.4 Å². The van der Waals surface area contributed by atoms with Crippen LogP contribution >= 0.6 is 0 Å². The van der Waals surface area contributed by atoms with Crippen LogP contribution in [-0.2, 0) is 6.61 Å². The Morgan fingerprint density at radius 1 is 1.25 bits per heavy atom. The predicted octanol–water partition coefficient (Wildman–Crippen LogP) is 4.04. The van der Waals surface area contributed by atoms with Gasteiger partial charge in [0.05, 0.1) is 6.04 Å². The zero-order chi connectivity index (χ0) is 17.1. The lowest BCUT2D eigenvalue weighted by Crippen LogP contribution is -2.09. The Bertz CT molecular complexity index is 902. The molecule has 0 spiro atoms. The van der Waals surface area contributed by atoms with E-state index in [1.54, 1.807) is 4.68 Å². The number of hydrogen-bond donors (Lipinski definition) is 1. The van der Waals surface area contributed by atoms with E-state index < -0.39 is 0 Å². The Morgan fingerprint density at radius 3 is 2.75 bits per heavy atom. The second-order valence-corrected chi connectivity index (χ2v) is 5.81. The minimum absolute atomic E-state index is 0.118. The monoisotopic (exact) mass is 320 g/mol. The fourth-order valence-electron chi connectivity index (χ4n) is 2.71. The molecule has 5 nitrogen and oxygen atoms in total. The summed E-state index contributed by atoms with van der Waals surface area (Å²) in [7, 11) is 0. The summed E-state index contributed by atoms with van der Waals surface area (Å²) in [5.74, 6) is 0.656. The van der Waals surface area contributed by atoms with E-state index in [1.165, 1.54) is 0 Å². The Morgan fingerprint density at radius 2 is 2.00 bits per heavy atom. The zero-order valence-corrected chi connectivity index (χ0v) is 13.9. The maximum absolute atomic E-state index is 9.37. The summed E-state index contributed by atoms with van der Waals surface area (Å²) in [6.07, 6.45) is 0.875. The summed E-state index contributed by atoms with van der Waals surface area (Å²) >= 11 is 0. The van der Waals surface area contributed by atoms with Crippen LogP contribution in [0.25, 0.3) is 10.8 Å². The lowest BCUT2D eigenvalue weighted by molar-refractivity contribution is 0.287. The number of nitrogens with two attached hydrogens (primary N) is 1. The maximum Gasteiger partial charge on any atom is 0.253 e. The van der Waals surface area contributed by atoms with Crippen LogP contribution in [0.3, 0.4) is 0 Å². The minimum atomic E-state index is 0.118. The largest absolute Gasteiger partial charge is 0.471 e. The predicted molar refractivity (Wildman–Crippen MR) is 94.6 cm³/mol. The van der Waals surface area contributed by atoms with Crippen LogP contribution in [0.4, 0.5) is 5.82 Å². The van der Waals surface area contributed by atoms with Gasteiger partial charge in [-0.15, -0.1) is 5.10 Å². The molecular weight excluding hydrogens is 300 g/mol. The summed E-state index contributed by atoms with van der Waals surface area (Å²) in [5, 5.41) is 16.1. The summed E-state index contributed by atoms with van der Waals surface area (Å²) in [6.45, 7) is 4.40. The van der Waals surface area contributed by atoms with Gasteiger partial charge in [-0.25, -0.2) is 4.68 Å². The SMILES string of the molecule is CCC(C)n1nc(OCc2cccc3ccccc23)c(C#N)c1N. The number of anilines is 1. The van der Waals surface area contributed by atoms with Crippen molar-refractivity contribution < 1.29 is 4.74 Å². The van der Waals surface area contributed by atoms with Crippen LogP contribution in [-0.4, -0.2) is 9.78 Å². The van der Waals surface area contributed by atoms with E-state index in [9.17, 15) is 5.26 Å². The highest BCUT2D eigenvalue weighted by Gasteiger charge is 2.19. The normalized spacial score (nSPS) is 12.0. The van der Waals surface area contributed by atoms with Crippen LogP contribution in [0, 0.1) is 11.3 Å². The lowest BCUT2D eigenvalue weighted by atomic mass is 10.1. The lowest BCUT2D eigenvalue weighted by Gasteiger charge is -2.10. The third-order valence-corrected chi connectivity index (χ3v) is 4.28. The fraction of sp³-hybridized carbons (Fsp3) is 0.263. The van der Waals surface area contributed by atoms with E-state index in [1.807, 2.05) is 31.2 Å². The molecule has 1 heterocycles. The van der Waals surface area contributed by atoms with Gasteiger partial charge in [-0.1, -0.05) is 49.4 Å². The minimum Gasteiger partial charge on any atom is -0.471 e. The molecule has 0 radical (unpaired) electrons. The molecule has 0 aliphatic heterocycles. The molecule has 122 valence electrons. The van der Waals surface area contributed by atoms with Crippen molar-refractivity contribution in [1.29, 1.82) is 5.26 Å². The Kier molecular flexibility index (Phi) is 4.39. The van der Waals surface area contributed by atoms with E-state index in [0.717, 1.165) is 22.8 Å². The summed E-state index contributed by atoms with van der Waals surface area (Å²) in [4.78, 5) is 0. The molecule has 0 aliphatic rings. The Hall–Kier alpha value is -3.00. The van der Waals surface area contributed by atoms with Gasteiger partial charge in [-0.05, 0) is 29.7 Å². The number of nitriles is 1. The first kappa shape index (κ1) is 15.9. The first-order valence-electron chi connectivity index (χ1n) is 8.03. The molecule has 0 saturated carbocycles. The van der Waals surface area contributed by atoms with Crippen LogP contribution in [0.15, 0.2) is 42.5 Å². The van der Waals surface area contributed by atoms with Crippen molar-refractivity contribution in [3.8, 4) is 11.9 Å². The number of hydrogen-bond acceptors (Lipinski definition) is 4. The number of rotatable bonds is 5. The first-order chi connectivity index (χ1) is 11.7. The van der Waals surface area contributed by atoms with Crippen LogP contribution in [0.2, 0.25) is 0 Å². The van der Waals surface area contributed by atoms with Crippen LogP contribution in [0.5, 0.6) is 5.88 Å². The highest BCUT2D eigenvalue weighted by molar-refractivity contribution is 5.85. The molecule has 1 atom stereocenters. The number of benzene rings is 2. The van der Waals surface area contributed by atoms with Crippen molar-refractivity contribution in [2.45, 2.75) is 32.9 Å². The molecule has 3 aromatic rings. The molecule has 2 N–H and O–H groups in total. The summed E-state index contributed by atoms with van der Waals surface area (Å²) in [6, 6.07) is 16.4. The first-order valence-corrected chi connectivity index (χ1v) is 8.03. The molecule has 1 unspecified atom stereocenters. The third kappa shape index (κ3) is 2.79. The van der Waals surface area contributed by atoms with Gasteiger partial charge >= 0.3 is 0 Å². The number of aromatic nitrogens is 2. The highest BCUT2D eigenvalue weighted by atomic mass is 16.5. The van der Waals surface area contributed by atoms with Gasteiger partial charge in [-0.2, -0.15) is 5.26 Å². The van der Waals surface area contributed by atoms with Crippen molar-refractivity contribution >= 4 is 16.6 Å². The van der Waals surface area contributed by atoms with Gasteiger partial charge in [-0.3, -0.25) is 0 Å². The molecule has 24 heavy (non-hydrogen) atoms. The number of fused-ring (bicyclic) bond motifs is 1. The topological polar surface area (TPSA) is 76.9 Å². The van der Waals surface area contributed by atoms with Crippen molar-refractivity contribution in [1.82, 2.24) is 9.78 Å². The van der Waals surface area contributed by atoms with Gasteiger partial charge in [0, 0.05) is 0 Å². The van der Waals surface area contributed by atoms with Gasteiger partial charge in [0.15, 0.2) is 5.56 Å². The smallest absolute Gasteiger partial charge is 0.253 e. The molecule has 2 aromatic carbocycles. The molecule has 0 amide bonds. The Labute approximate surface area is 141 Å². The average Bonchev–Trinajstić information content (AvgIpc) is 2.94. The maximum atomic E-state index is 9.37. The van der Waals surface area contributed by atoms with Gasteiger partial charge in [0.25, 0.3) is 5.88 Å². The average molecular weight is 320 g/mol. The van der Waals surface area contributed by atoms with E-state index in [0.29, 0.717) is 23.9 Å². The molecule has 0 bridgehead atoms. The van der Waals surface area contributed by atoms with Crippen molar-refractivity contribution in [2.24, 2.45) is 0 Å². The van der Waals surface area contributed by atoms with Gasteiger partial charge < -0.3 is 10.5 Å². The summed E-state index contributed by atoms with van der Waals surface area (Å²) < 4.78 is 7.51. The van der Waals surface area contributed by atoms with E-state index >= 15 is 0 Å². The molecule has 1 aromatic heterocycles. The number of ether oxygens (including phenoxy) is 1. The van der Waals surface area contributed by atoms with Crippen LogP contribution < -0.4 is 10.5 Å². The van der Waals surface area contributed by atoms with Crippen molar-refractivity contribution in [3.05, 3.63) is 53.6 Å². The number of nitrogens with zero attached hydrogens (tertiary/aromatic N) is 3. The van der Waals surface area contributed by atoms with E-state index in [4.69, 9.17) is 10.5 Å². The standard InChI is InChI=1S/C19H20N4O/c1-3-13(2)23-18(21)17(11-20)19(22-23)24-12-15-9-6-8-14-7-4-5-10-16(14)15/h4-10,13H,3,12,21H2,1-2H3. The fourth-order valence-corrected chi connectivity index (χ4v) is 2.71. The molecule has 0 saturated heterocycles. The number of nitrogen functional groups attached to an aromatic ring is 1. The highest BCUT2D eigenvalue weighted by Crippen LogP contribution is 2.28. The van der Waals surface area contributed by atoms with Crippen molar-refractivity contribution in [3.63, 3.8) is 0 Å². The second-order valence-electron chi connectivity index (χ2n) is 5.81. The second kappa shape index (κ2) is 6.63. The van der Waals surface area contributed by atoms with E-state index in [-0.39, 0.29) is 6.04 Å². The zero-order valence-electron chi connectivity index (χ0n) is 13.9. The van der Waals surface area contributed by atoms with Crippen molar-refractivity contribution in [2.75, 3.05) is 5.73 Å². The summed E-state index contributed by atoms with van der Waals surface area (Å²) in [5.41, 5.74) is 7.40. The molecule has 0 aliphatic carbocycles. The quantitative estimate of drug-likeness (QED) is 0.769. The third-order valence-electron chi connectivity index (χ3n) is 4.28. The van der Waals surface area contributed by atoms with Gasteiger partial charge in [0.2, 0.25) is 0 Å². The van der Waals surface area contributed by atoms with Gasteiger partial charge in [0.1, 0.15) is 18.5 Å². The van der Waals surface area contributed by atoms with E-state index in [2.05, 4.69) is 36.3 Å².